The van der Waals surface area contributed by atoms with Crippen LogP contribution in [0.4, 0.5) is 0 Å². The van der Waals surface area contributed by atoms with Crippen LogP contribution in [-0.2, 0) is 21.1 Å². The van der Waals surface area contributed by atoms with E-state index in [1.54, 1.807) is 30.1 Å². The minimum atomic E-state index is -3.60. The molecule has 0 radical (unpaired) electrons. The summed E-state index contributed by atoms with van der Waals surface area (Å²) >= 11 is 11.9. The van der Waals surface area contributed by atoms with Gasteiger partial charge in [-0.15, -0.1) is 0 Å². The summed E-state index contributed by atoms with van der Waals surface area (Å²) in [5.41, 5.74) is 1.59. The molecule has 0 heterocycles. The molecular weight excluding hydrogens is 445 g/mol. The number of hydrogen-bond donors (Lipinski definition) is 1. The highest BCUT2D eigenvalue weighted by atomic mass is 35.5. The first-order valence-electron chi connectivity index (χ1n) is 9.35. The molecule has 0 saturated heterocycles. The maximum absolute atomic E-state index is 12.4. The fraction of sp³-hybridized carbons (Fsp3) is 0.333. The summed E-state index contributed by atoms with van der Waals surface area (Å²) in [5, 5.41) is 11.9. The molecule has 0 fully saturated rings. The Morgan fingerprint density at radius 3 is 2.53 bits per heavy atom. The van der Waals surface area contributed by atoms with Crippen molar-refractivity contribution in [2.45, 2.75) is 24.2 Å². The molecule has 0 aliphatic heterocycles. The Kier molecular flexibility index (Phi) is 9.12. The number of sulfone groups is 1. The quantitative estimate of drug-likeness (QED) is 0.538. The molecule has 0 spiro atoms. The average Bonchev–Trinajstić information content (AvgIpc) is 2.73. The number of benzene rings is 2. The van der Waals surface area contributed by atoms with Crippen LogP contribution in [0.15, 0.2) is 47.4 Å². The Labute approximate surface area is 187 Å². The Balaban J connectivity index is 1.71. The average molecular weight is 468 g/mol. The van der Waals surface area contributed by atoms with Crippen molar-refractivity contribution in [3.63, 3.8) is 0 Å². The van der Waals surface area contributed by atoms with Gasteiger partial charge in [0, 0.05) is 20.0 Å². The van der Waals surface area contributed by atoms with Crippen molar-refractivity contribution >= 4 is 38.9 Å². The fourth-order valence-corrected chi connectivity index (χ4v) is 4.71. The topological polar surface area (TPSA) is 90.3 Å². The molecule has 0 unspecified atom stereocenters. The van der Waals surface area contributed by atoms with Gasteiger partial charge in [-0.05, 0) is 49.2 Å². The summed E-state index contributed by atoms with van der Waals surface area (Å²) in [4.78, 5) is 13.9. The Morgan fingerprint density at radius 1 is 1.17 bits per heavy atom. The van der Waals surface area contributed by atoms with Crippen LogP contribution in [0.2, 0.25) is 10.0 Å². The van der Waals surface area contributed by atoms with E-state index >= 15 is 0 Å². The first-order valence-corrected chi connectivity index (χ1v) is 11.8. The normalized spacial score (nSPS) is 11.1. The van der Waals surface area contributed by atoms with E-state index in [4.69, 9.17) is 28.5 Å². The standard InChI is InChI=1S/C21H23Cl2N3O3S/c1-26(20(27)11-10-16-6-8-17(14-24)9-7-16)13-3-12-25-15-30(28,29)19-5-2-4-18(22)21(19)23/h2,4-9,25H,3,10-13,15H2,1H3. The monoisotopic (exact) mass is 467 g/mol. The highest BCUT2D eigenvalue weighted by Crippen LogP contribution is 2.29. The van der Waals surface area contributed by atoms with Crippen LogP contribution in [0.1, 0.15) is 24.0 Å². The summed E-state index contributed by atoms with van der Waals surface area (Å²) in [6.07, 6.45) is 1.58. The van der Waals surface area contributed by atoms with Crippen LogP contribution in [0.5, 0.6) is 0 Å². The van der Waals surface area contributed by atoms with E-state index in [0.717, 1.165) is 5.56 Å². The number of hydrogen-bond acceptors (Lipinski definition) is 5. The number of nitrogens with one attached hydrogen (secondary N) is 1. The third-order valence-electron chi connectivity index (χ3n) is 4.53. The van der Waals surface area contributed by atoms with E-state index in [9.17, 15) is 13.2 Å². The van der Waals surface area contributed by atoms with Crippen molar-refractivity contribution in [2.75, 3.05) is 26.0 Å². The van der Waals surface area contributed by atoms with E-state index < -0.39 is 9.84 Å². The summed E-state index contributed by atoms with van der Waals surface area (Å²) in [5.74, 6) is -0.249. The number of amides is 1. The zero-order valence-electron chi connectivity index (χ0n) is 16.6. The second kappa shape index (κ2) is 11.3. The lowest BCUT2D eigenvalue weighted by molar-refractivity contribution is -0.129. The first-order chi connectivity index (χ1) is 14.2. The van der Waals surface area contributed by atoms with Crippen molar-refractivity contribution in [1.29, 1.82) is 5.26 Å². The molecule has 0 saturated carbocycles. The molecule has 9 heteroatoms. The second-order valence-electron chi connectivity index (χ2n) is 6.79. The van der Waals surface area contributed by atoms with Crippen LogP contribution < -0.4 is 5.32 Å². The molecule has 0 aliphatic rings. The van der Waals surface area contributed by atoms with E-state index in [1.807, 2.05) is 12.1 Å². The van der Waals surface area contributed by atoms with Gasteiger partial charge in [0.1, 0.15) is 5.88 Å². The zero-order valence-corrected chi connectivity index (χ0v) is 18.9. The minimum absolute atomic E-state index is 0.000680. The SMILES string of the molecule is CN(CCCNCS(=O)(=O)c1cccc(Cl)c1Cl)C(=O)CCc1ccc(C#N)cc1. The molecule has 160 valence electrons. The number of carbonyl (C=O) groups excluding carboxylic acids is 1. The largest absolute Gasteiger partial charge is 0.346 e. The van der Waals surface area contributed by atoms with Gasteiger partial charge in [0.25, 0.3) is 0 Å². The molecule has 0 atom stereocenters. The van der Waals surface area contributed by atoms with E-state index in [0.29, 0.717) is 37.9 Å². The molecule has 2 aromatic carbocycles. The summed E-state index contributed by atoms with van der Waals surface area (Å²) in [6, 6.07) is 13.7. The van der Waals surface area contributed by atoms with Crippen LogP contribution >= 0.6 is 23.2 Å². The number of rotatable bonds is 10. The van der Waals surface area contributed by atoms with Crippen LogP contribution in [-0.4, -0.2) is 45.2 Å². The van der Waals surface area contributed by atoms with E-state index in [2.05, 4.69) is 11.4 Å². The number of aryl methyl sites for hydroxylation is 1. The summed E-state index contributed by atoms with van der Waals surface area (Å²) in [7, 11) is -1.88. The smallest absolute Gasteiger partial charge is 0.222 e. The fourth-order valence-electron chi connectivity index (χ4n) is 2.76. The first kappa shape index (κ1) is 24.2. The molecule has 0 aliphatic carbocycles. The minimum Gasteiger partial charge on any atom is -0.346 e. The molecule has 0 bridgehead atoms. The molecule has 0 aromatic heterocycles. The number of nitrogens with zero attached hydrogens (tertiary/aromatic N) is 2. The summed E-state index contributed by atoms with van der Waals surface area (Å²) < 4.78 is 24.8. The molecule has 1 amide bonds. The number of carbonyl (C=O) groups is 1. The van der Waals surface area contributed by atoms with Crippen molar-refractivity contribution in [1.82, 2.24) is 10.2 Å². The molecule has 2 rings (SSSR count). The van der Waals surface area contributed by atoms with E-state index in [1.165, 1.54) is 12.1 Å². The second-order valence-corrected chi connectivity index (χ2v) is 9.53. The predicted octanol–water partition coefficient (Wildman–Crippen LogP) is 3.67. The van der Waals surface area contributed by atoms with Gasteiger partial charge in [0.05, 0.1) is 26.6 Å². The maximum Gasteiger partial charge on any atom is 0.222 e. The Hall–Kier alpha value is -2.11. The van der Waals surface area contributed by atoms with Gasteiger partial charge in [-0.3, -0.25) is 4.79 Å². The molecule has 6 nitrogen and oxygen atoms in total. The molecule has 1 N–H and O–H groups in total. The molecular formula is C21H23Cl2N3O3S. The lowest BCUT2D eigenvalue weighted by Crippen LogP contribution is -2.31. The van der Waals surface area contributed by atoms with Gasteiger partial charge in [-0.25, -0.2) is 8.42 Å². The van der Waals surface area contributed by atoms with Crippen molar-refractivity contribution in [2.24, 2.45) is 0 Å². The predicted molar refractivity (Wildman–Crippen MR) is 118 cm³/mol. The molecule has 30 heavy (non-hydrogen) atoms. The van der Waals surface area contributed by atoms with Gasteiger partial charge in [0.15, 0.2) is 9.84 Å². The van der Waals surface area contributed by atoms with Gasteiger partial charge in [0.2, 0.25) is 5.91 Å². The van der Waals surface area contributed by atoms with Crippen LogP contribution in [0.25, 0.3) is 0 Å². The molecule has 2 aromatic rings. The van der Waals surface area contributed by atoms with Crippen molar-refractivity contribution < 1.29 is 13.2 Å². The zero-order chi connectivity index (χ0) is 22.1. The number of nitriles is 1. The van der Waals surface area contributed by atoms with Gasteiger partial charge >= 0.3 is 0 Å². The third kappa shape index (κ3) is 6.99. The van der Waals surface area contributed by atoms with Crippen molar-refractivity contribution in [3.05, 3.63) is 63.6 Å². The lowest BCUT2D eigenvalue weighted by atomic mass is 10.1. The Morgan fingerprint density at radius 2 is 1.87 bits per heavy atom. The maximum atomic E-state index is 12.4. The van der Waals surface area contributed by atoms with E-state index in [-0.39, 0.29) is 26.7 Å². The highest BCUT2D eigenvalue weighted by molar-refractivity contribution is 7.91. The number of halogens is 2. The highest BCUT2D eigenvalue weighted by Gasteiger charge is 2.19. The van der Waals surface area contributed by atoms with Crippen molar-refractivity contribution in [3.8, 4) is 6.07 Å². The van der Waals surface area contributed by atoms with Gasteiger partial charge in [-0.1, -0.05) is 41.4 Å². The van der Waals surface area contributed by atoms with Gasteiger partial charge < -0.3 is 10.2 Å². The third-order valence-corrected chi connectivity index (χ3v) is 7.05. The van der Waals surface area contributed by atoms with Crippen LogP contribution in [0, 0.1) is 11.3 Å². The summed E-state index contributed by atoms with van der Waals surface area (Å²) in [6.45, 7) is 0.946. The van der Waals surface area contributed by atoms with Gasteiger partial charge in [-0.2, -0.15) is 5.26 Å². The van der Waals surface area contributed by atoms with Crippen LogP contribution in [0.3, 0.4) is 0 Å². The lowest BCUT2D eigenvalue weighted by Gasteiger charge is -2.17. The Bertz CT molecular complexity index is 1020.